The number of carbonyl (C=O) groups excluding carboxylic acids is 2. The van der Waals surface area contributed by atoms with Crippen LogP contribution in [0.2, 0.25) is 0 Å². The molecule has 1 fully saturated rings. The van der Waals surface area contributed by atoms with Gasteiger partial charge in [0.05, 0.1) is 22.3 Å². The summed E-state index contributed by atoms with van der Waals surface area (Å²) >= 11 is 1.52. The summed E-state index contributed by atoms with van der Waals surface area (Å²) < 4.78 is 6.24. The molecule has 2 aromatic heterocycles. The Morgan fingerprint density at radius 3 is 2.38 bits per heavy atom. The van der Waals surface area contributed by atoms with Gasteiger partial charge in [-0.1, -0.05) is 32.6 Å². The molecule has 2 aromatic carbocycles. The Hall–Kier alpha value is -4.44. The van der Waals surface area contributed by atoms with Gasteiger partial charge in [-0.05, 0) is 72.3 Å². The molecule has 9 nitrogen and oxygen atoms in total. The molecular formula is C29H30N6O3S. The molecule has 5 rings (SSSR count). The van der Waals surface area contributed by atoms with Gasteiger partial charge in [-0.3, -0.25) is 9.69 Å². The van der Waals surface area contributed by atoms with Crippen LogP contribution in [0.15, 0.2) is 72.6 Å². The van der Waals surface area contributed by atoms with E-state index in [1.165, 1.54) is 17.4 Å². The summed E-state index contributed by atoms with van der Waals surface area (Å²) in [5, 5.41) is 11.5. The fraction of sp³-hybridized carbons (Fsp3) is 0.241. The zero-order valence-electron chi connectivity index (χ0n) is 22.0. The fourth-order valence-corrected chi connectivity index (χ4v) is 5.19. The van der Waals surface area contributed by atoms with Crippen molar-refractivity contribution in [3.63, 3.8) is 0 Å². The lowest BCUT2D eigenvalue weighted by atomic mass is 10.0. The van der Waals surface area contributed by atoms with Crippen LogP contribution in [0.4, 0.5) is 33.6 Å². The predicted octanol–water partition coefficient (Wildman–Crippen LogP) is 6.71. The van der Waals surface area contributed by atoms with E-state index in [0.717, 1.165) is 27.2 Å². The van der Waals surface area contributed by atoms with Crippen LogP contribution in [0.1, 0.15) is 32.4 Å². The number of anilines is 5. The molecule has 1 aliphatic heterocycles. The number of rotatable bonds is 9. The van der Waals surface area contributed by atoms with E-state index in [1.807, 2.05) is 66.9 Å². The second kappa shape index (κ2) is 11.1. The molecule has 0 saturated carbocycles. The molecule has 2 atom stereocenters. The van der Waals surface area contributed by atoms with Crippen molar-refractivity contribution in [3.05, 3.63) is 78.2 Å². The largest absolute Gasteiger partial charge is 0.447 e. The number of amides is 2. The summed E-state index contributed by atoms with van der Waals surface area (Å²) in [5.74, 6) is 1.01. The molecule has 0 aliphatic carbocycles. The van der Waals surface area contributed by atoms with E-state index in [4.69, 9.17) is 14.7 Å². The van der Waals surface area contributed by atoms with Gasteiger partial charge in [0.15, 0.2) is 5.82 Å². The van der Waals surface area contributed by atoms with Crippen molar-refractivity contribution >= 4 is 62.4 Å². The van der Waals surface area contributed by atoms with Crippen LogP contribution >= 0.6 is 11.3 Å². The minimum atomic E-state index is -0.375. The lowest BCUT2D eigenvalue weighted by Gasteiger charge is -2.24. The summed E-state index contributed by atoms with van der Waals surface area (Å²) in [6.45, 7) is 10.0. The van der Waals surface area contributed by atoms with E-state index < -0.39 is 0 Å². The van der Waals surface area contributed by atoms with Crippen molar-refractivity contribution in [3.8, 4) is 0 Å². The maximum absolute atomic E-state index is 12.6. The second-order valence-corrected chi connectivity index (χ2v) is 10.6. The molecule has 2 amide bonds. The maximum atomic E-state index is 12.6. The minimum absolute atomic E-state index is 0.0786. The van der Waals surface area contributed by atoms with Crippen LogP contribution < -0.4 is 20.9 Å². The van der Waals surface area contributed by atoms with E-state index in [-0.39, 0.29) is 30.0 Å². The molecule has 3 heterocycles. The van der Waals surface area contributed by atoms with E-state index in [2.05, 4.69) is 36.4 Å². The Balaban J connectivity index is 1.30. The molecule has 0 radical (unpaired) electrons. The fourth-order valence-electron chi connectivity index (χ4n) is 4.38. The van der Waals surface area contributed by atoms with E-state index in [1.54, 1.807) is 4.90 Å². The normalized spacial score (nSPS) is 15.7. The van der Waals surface area contributed by atoms with Gasteiger partial charge in [-0.25, -0.2) is 9.78 Å². The molecule has 39 heavy (non-hydrogen) atoms. The van der Waals surface area contributed by atoms with Crippen LogP contribution in [-0.4, -0.2) is 34.6 Å². The van der Waals surface area contributed by atoms with Crippen LogP contribution in [0.3, 0.4) is 0 Å². The Labute approximate surface area is 230 Å². The number of thiophene rings is 1. The van der Waals surface area contributed by atoms with E-state index in [9.17, 15) is 9.59 Å². The van der Waals surface area contributed by atoms with E-state index in [0.29, 0.717) is 24.1 Å². The maximum Gasteiger partial charge on any atom is 0.415 e. The van der Waals surface area contributed by atoms with Gasteiger partial charge in [0.1, 0.15) is 6.61 Å². The zero-order chi connectivity index (χ0) is 27.5. The van der Waals surface area contributed by atoms with Crippen LogP contribution in [-0.2, 0) is 9.53 Å². The molecule has 1 saturated heterocycles. The summed E-state index contributed by atoms with van der Waals surface area (Å²) in [5.41, 5.74) is 4.37. The topological polar surface area (TPSA) is 108 Å². The minimum Gasteiger partial charge on any atom is -0.447 e. The first-order valence-electron chi connectivity index (χ1n) is 12.7. The third kappa shape index (κ3) is 5.70. The average Bonchev–Trinajstić information content (AvgIpc) is 3.56. The standard InChI is InChI=1S/C29H30N6O3S/c1-5-25(36)32-22-12-10-21(11-13-22)31-20-8-6-19(7-9-20)18(4)30-28-33-23-14-15-39-26(23)27(34-28)35-24(17(2)3)16-38-29(35)37/h5-15,17-18,24,31H,1,16H2,2-4H3,(H,32,36)(H,30,33,34)/t18-,24?/m0/s1. The van der Waals surface area contributed by atoms with Crippen LogP contribution in [0, 0.1) is 5.92 Å². The highest BCUT2D eigenvalue weighted by molar-refractivity contribution is 7.17. The summed E-state index contributed by atoms with van der Waals surface area (Å²) in [7, 11) is 0. The van der Waals surface area contributed by atoms with Crippen LogP contribution in [0.25, 0.3) is 10.2 Å². The molecule has 1 aliphatic rings. The highest BCUT2D eigenvalue weighted by Gasteiger charge is 2.38. The highest BCUT2D eigenvalue weighted by Crippen LogP contribution is 2.35. The number of carbonyl (C=O) groups is 2. The molecule has 200 valence electrons. The van der Waals surface area contributed by atoms with Gasteiger partial charge < -0.3 is 20.7 Å². The van der Waals surface area contributed by atoms with Gasteiger partial charge in [0.25, 0.3) is 0 Å². The number of benzene rings is 2. The van der Waals surface area contributed by atoms with Gasteiger partial charge in [0, 0.05) is 17.1 Å². The average molecular weight is 543 g/mol. The molecule has 0 spiro atoms. The van der Waals surface area contributed by atoms with Crippen LogP contribution in [0.5, 0.6) is 0 Å². The Kier molecular flexibility index (Phi) is 7.47. The SMILES string of the molecule is C=CC(=O)Nc1ccc(Nc2ccc([C@H](C)Nc3nc(N4C(=O)OCC4C(C)C)c4sccc4n3)cc2)cc1. The second-order valence-electron chi connectivity index (χ2n) is 9.65. The molecule has 1 unspecified atom stereocenters. The highest BCUT2D eigenvalue weighted by atomic mass is 32.1. The van der Waals surface area contributed by atoms with Crippen molar-refractivity contribution in [1.82, 2.24) is 9.97 Å². The molecule has 10 heteroatoms. The first-order valence-corrected chi connectivity index (χ1v) is 13.6. The smallest absolute Gasteiger partial charge is 0.415 e. The molecule has 3 N–H and O–H groups in total. The van der Waals surface area contributed by atoms with Gasteiger partial charge in [-0.15, -0.1) is 11.3 Å². The summed E-state index contributed by atoms with van der Waals surface area (Å²) in [6.07, 6.45) is 0.862. The zero-order valence-corrected chi connectivity index (χ0v) is 22.8. The Morgan fingerprint density at radius 1 is 1.05 bits per heavy atom. The molecule has 0 bridgehead atoms. The molecular weight excluding hydrogens is 512 g/mol. The summed E-state index contributed by atoms with van der Waals surface area (Å²) in [4.78, 5) is 35.2. The third-order valence-corrected chi connectivity index (χ3v) is 7.47. The van der Waals surface area contributed by atoms with Crippen molar-refractivity contribution in [1.29, 1.82) is 0 Å². The van der Waals surface area contributed by atoms with Crippen molar-refractivity contribution in [2.45, 2.75) is 32.9 Å². The number of aromatic nitrogens is 2. The number of hydrogen-bond acceptors (Lipinski definition) is 8. The predicted molar refractivity (Wildman–Crippen MR) is 157 cm³/mol. The van der Waals surface area contributed by atoms with Gasteiger partial charge in [0.2, 0.25) is 11.9 Å². The number of nitrogens with zero attached hydrogens (tertiary/aromatic N) is 3. The number of cyclic esters (lactones) is 1. The quantitative estimate of drug-likeness (QED) is 0.202. The van der Waals surface area contributed by atoms with Crippen molar-refractivity contribution in [2.24, 2.45) is 5.92 Å². The third-order valence-electron chi connectivity index (χ3n) is 6.57. The summed E-state index contributed by atoms with van der Waals surface area (Å²) in [6, 6.07) is 17.3. The molecule has 4 aromatic rings. The number of ether oxygens (including phenoxy) is 1. The number of fused-ring (bicyclic) bond motifs is 1. The first-order chi connectivity index (χ1) is 18.8. The lowest BCUT2D eigenvalue weighted by Crippen LogP contribution is -2.38. The van der Waals surface area contributed by atoms with Crippen molar-refractivity contribution in [2.75, 3.05) is 27.5 Å². The van der Waals surface area contributed by atoms with E-state index >= 15 is 0 Å². The van der Waals surface area contributed by atoms with Gasteiger partial charge >= 0.3 is 6.09 Å². The van der Waals surface area contributed by atoms with Gasteiger partial charge in [-0.2, -0.15) is 4.98 Å². The Bertz CT molecular complexity index is 1500. The monoisotopic (exact) mass is 542 g/mol. The lowest BCUT2D eigenvalue weighted by molar-refractivity contribution is -0.111. The first kappa shape index (κ1) is 26.2. The number of hydrogen-bond donors (Lipinski definition) is 3. The Morgan fingerprint density at radius 2 is 1.72 bits per heavy atom. The number of nitrogens with one attached hydrogen (secondary N) is 3. The van der Waals surface area contributed by atoms with Crippen molar-refractivity contribution < 1.29 is 14.3 Å².